The standard InChI is InChI=1S/C21H25N3O3S2.ClH/c1-14-11-15(2)19-18(12-14)22-21(28-19)24(10-9-23(3)4)20(25)16-7-6-8-17(13-16)29(5,26)27;/h6-8,11-13H,9-10H2,1-5H3;1H. The number of amides is 1. The van der Waals surface area contributed by atoms with Gasteiger partial charge in [-0.3, -0.25) is 9.69 Å². The van der Waals surface area contributed by atoms with Crippen molar-refractivity contribution < 1.29 is 13.2 Å². The number of carbonyl (C=O) groups is 1. The fourth-order valence-corrected chi connectivity index (χ4v) is 4.79. The number of fused-ring (bicyclic) bond motifs is 1. The van der Waals surface area contributed by atoms with Gasteiger partial charge in [0.25, 0.3) is 5.91 Å². The minimum Gasteiger partial charge on any atom is -0.308 e. The van der Waals surface area contributed by atoms with Gasteiger partial charge in [-0.15, -0.1) is 12.4 Å². The highest BCUT2D eigenvalue weighted by Crippen LogP contribution is 2.33. The SMILES string of the molecule is Cc1cc(C)c2sc(N(CCN(C)C)C(=O)c3cccc(S(C)(=O)=O)c3)nc2c1.Cl. The Hall–Kier alpha value is -2.00. The van der Waals surface area contributed by atoms with Gasteiger partial charge in [0, 0.05) is 24.9 Å². The highest BCUT2D eigenvalue weighted by Gasteiger charge is 2.23. The molecule has 0 fully saturated rings. The molecule has 1 aromatic heterocycles. The van der Waals surface area contributed by atoms with Crippen LogP contribution in [0.25, 0.3) is 10.2 Å². The Kier molecular flexibility index (Phi) is 7.63. The average molecular weight is 468 g/mol. The Labute approximate surface area is 187 Å². The summed E-state index contributed by atoms with van der Waals surface area (Å²) in [7, 11) is 0.489. The maximum absolute atomic E-state index is 13.3. The molecule has 2 aromatic carbocycles. The number of carbonyl (C=O) groups excluding carboxylic acids is 1. The number of rotatable bonds is 6. The lowest BCUT2D eigenvalue weighted by atomic mass is 10.1. The Bertz CT molecular complexity index is 1170. The summed E-state index contributed by atoms with van der Waals surface area (Å²) >= 11 is 1.48. The first-order valence-corrected chi connectivity index (χ1v) is 11.9. The topological polar surface area (TPSA) is 70.6 Å². The molecule has 162 valence electrons. The van der Waals surface area contributed by atoms with Crippen molar-refractivity contribution in [3.05, 3.63) is 53.1 Å². The summed E-state index contributed by atoms with van der Waals surface area (Å²) in [5.41, 5.74) is 3.45. The van der Waals surface area contributed by atoms with Gasteiger partial charge in [0.1, 0.15) is 0 Å². The van der Waals surface area contributed by atoms with Crippen molar-refractivity contribution in [2.45, 2.75) is 18.7 Å². The Morgan fingerprint density at radius 1 is 1.10 bits per heavy atom. The second-order valence-electron chi connectivity index (χ2n) is 7.49. The second-order valence-corrected chi connectivity index (χ2v) is 10.5. The maximum Gasteiger partial charge on any atom is 0.260 e. The summed E-state index contributed by atoms with van der Waals surface area (Å²) < 4.78 is 24.9. The molecule has 30 heavy (non-hydrogen) atoms. The Balaban J connectivity index is 0.00000320. The van der Waals surface area contributed by atoms with Crippen molar-refractivity contribution >= 4 is 54.8 Å². The smallest absolute Gasteiger partial charge is 0.260 e. The van der Waals surface area contributed by atoms with Gasteiger partial charge in [0.2, 0.25) is 0 Å². The van der Waals surface area contributed by atoms with Crippen LogP contribution in [0, 0.1) is 13.8 Å². The van der Waals surface area contributed by atoms with Gasteiger partial charge in [-0.05, 0) is 63.3 Å². The molecule has 0 bridgehead atoms. The lowest BCUT2D eigenvalue weighted by Crippen LogP contribution is -2.36. The summed E-state index contributed by atoms with van der Waals surface area (Å²) in [4.78, 5) is 21.8. The van der Waals surface area contributed by atoms with Gasteiger partial charge in [-0.2, -0.15) is 0 Å². The molecule has 3 aromatic rings. The lowest BCUT2D eigenvalue weighted by molar-refractivity contribution is 0.0985. The number of benzene rings is 2. The first-order valence-electron chi connectivity index (χ1n) is 9.21. The predicted octanol–water partition coefficient (Wildman–Crippen LogP) is 3.95. The number of nitrogens with zero attached hydrogens (tertiary/aromatic N) is 3. The van der Waals surface area contributed by atoms with Crippen molar-refractivity contribution in [1.82, 2.24) is 9.88 Å². The van der Waals surface area contributed by atoms with Crippen LogP contribution in [0.5, 0.6) is 0 Å². The number of aromatic nitrogens is 1. The van der Waals surface area contributed by atoms with E-state index in [4.69, 9.17) is 4.98 Å². The van der Waals surface area contributed by atoms with Crippen LogP contribution >= 0.6 is 23.7 Å². The largest absolute Gasteiger partial charge is 0.308 e. The Morgan fingerprint density at radius 2 is 1.80 bits per heavy atom. The van der Waals surface area contributed by atoms with Gasteiger partial charge < -0.3 is 4.90 Å². The predicted molar refractivity (Wildman–Crippen MR) is 126 cm³/mol. The number of halogens is 1. The second kappa shape index (κ2) is 9.43. The summed E-state index contributed by atoms with van der Waals surface area (Å²) in [6.07, 6.45) is 1.14. The number of hydrogen-bond donors (Lipinski definition) is 0. The van der Waals surface area contributed by atoms with E-state index >= 15 is 0 Å². The van der Waals surface area contributed by atoms with E-state index in [1.807, 2.05) is 38.9 Å². The third kappa shape index (κ3) is 5.37. The van der Waals surface area contributed by atoms with E-state index in [2.05, 4.69) is 6.07 Å². The molecule has 1 amide bonds. The molecule has 1 heterocycles. The molecule has 0 atom stereocenters. The molecule has 0 radical (unpaired) electrons. The molecule has 0 aliphatic rings. The summed E-state index contributed by atoms with van der Waals surface area (Å²) in [6.45, 7) is 5.17. The van der Waals surface area contributed by atoms with Crippen LogP contribution in [0.1, 0.15) is 21.5 Å². The highest BCUT2D eigenvalue weighted by molar-refractivity contribution is 7.90. The Morgan fingerprint density at radius 3 is 2.43 bits per heavy atom. The normalized spacial score (nSPS) is 11.5. The van der Waals surface area contributed by atoms with Crippen LogP contribution in [0.4, 0.5) is 5.13 Å². The molecule has 6 nitrogen and oxygen atoms in total. The van der Waals surface area contributed by atoms with Gasteiger partial charge >= 0.3 is 0 Å². The van der Waals surface area contributed by atoms with Crippen molar-refractivity contribution in [3.8, 4) is 0 Å². The number of thiazole rings is 1. The third-order valence-corrected chi connectivity index (χ3v) is 6.90. The van der Waals surface area contributed by atoms with Crippen LogP contribution in [0.2, 0.25) is 0 Å². The summed E-state index contributed by atoms with van der Waals surface area (Å²) in [5, 5.41) is 0.616. The average Bonchev–Trinajstić information content (AvgIpc) is 3.05. The molecule has 3 rings (SSSR count). The molecule has 0 aliphatic carbocycles. The zero-order valence-corrected chi connectivity index (χ0v) is 20.1. The molecule has 9 heteroatoms. The summed E-state index contributed by atoms with van der Waals surface area (Å²) in [6, 6.07) is 10.3. The van der Waals surface area contributed by atoms with E-state index in [1.165, 1.54) is 23.5 Å². The van der Waals surface area contributed by atoms with Crippen molar-refractivity contribution in [2.75, 3.05) is 38.3 Å². The number of likely N-dealkylation sites (N-methyl/N-ethyl adjacent to an activating group) is 1. The molecule has 0 saturated heterocycles. The minimum absolute atomic E-state index is 0. The molecule has 0 N–H and O–H groups in total. The molecule has 0 aliphatic heterocycles. The van der Waals surface area contributed by atoms with Crippen LogP contribution in [-0.4, -0.2) is 57.6 Å². The first kappa shape index (κ1) is 24.3. The summed E-state index contributed by atoms with van der Waals surface area (Å²) in [5.74, 6) is -0.259. The van der Waals surface area contributed by atoms with Crippen LogP contribution in [0.15, 0.2) is 41.3 Å². The van der Waals surface area contributed by atoms with Gasteiger partial charge in [0.15, 0.2) is 15.0 Å². The zero-order valence-electron chi connectivity index (χ0n) is 17.7. The molecule has 0 saturated carbocycles. The lowest BCUT2D eigenvalue weighted by Gasteiger charge is -2.22. The van der Waals surface area contributed by atoms with Crippen LogP contribution in [0.3, 0.4) is 0 Å². The van der Waals surface area contributed by atoms with E-state index < -0.39 is 9.84 Å². The number of aryl methyl sites for hydroxylation is 2. The third-order valence-electron chi connectivity index (χ3n) is 4.56. The quantitative estimate of drug-likeness (QED) is 0.549. The van der Waals surface area contributed by atoms with E-state index in [9.17, 15) is 13.2 Å². The van der Waals surface area contributed by atoms with Gasteiger partial charge in [-0.1, -0.05) is 23.5 Å². The highest BCUT2D eigenvalue weighted by atomic mass is 35.5. The number of sulfone groups is 1. The molecule has 0 unspecified atom stereocenters. The van der Waals surface area contributed by atoms with E-state index in [1.54, 1.807) is 17.0 Å². The number of anilines is 1. The minimum atomic E-state index is -3.40. The van der Waals surface area contributed by atoms with Gasteiger partial charge in [-0.25, -0.2) is 13.4 Å². The van der Waals surface area contributed by atoms with Crippen molar-refractivity contribution in [1.29, 1.82) is 0 Å². The number of hydrogen-bond acceptors (Lipinski definition) is 6. The zero-order chi connectivity index (χ0) is 21.3. The molecule has 0 spiro atoms. The van der Waals surface area contributed by atoms with Crippen molar-refractivity contribution in [3.63, 3.8) is 0 Å². The maximum atomic E-state index is 13.3. The van der Waals surface area contributed by atoms with Crippen LogP contribution in [-0.2, 0) is 9.84 Å². The fraction of sp³-hybridized carbons (Fsp3) is 0.333. The molecular formula is C21H26ClN3O3S2. The van der Waals surface area contributed by atoms with Gasteiger partial charge in [0.05, 0.1) is 15.1 Å². The fourth-order valence-electron chi connectivity index (χ4n) is 3.08. The van der Waals surface area contributed by atoms with Crippen molar-refractivity contribution in [2.24, 2.45) is 0 Å². The van der Waals surface area contributed by atoms with E-state index in [0.29, 0.717) is 23.8 Å². The van der Waals surface area contributed by atoms with E-state index in [-0.39, 0.29) is 23.2 Å². The monoisotopic (exact) mass is 467 g/mol. The first-order chi connectivity index (χ1) is 13.6. The molecular weight excluding hydrogens is 442 g/mol. The van der Waals surface area contributed by atoms with E-state index in [0.717, 1.165) is 27.6 Å². The van der Waals surface area contributed by atoms with Crippen LogP contribution < -0.4 is 4.90 Å².